The average molecular weight is 208 g/mol. The van der Waals surface area contributed by atoms with Crippen molar-refractivity contribution in [1.82, 2.24) is 0 Å². The number of methoxy groups -OCH3 is 2. The molecule has 14 heavy (non-hydrogen) atoms. The molecule has 1 aliphatic rings. The molecule has 3 N–H and O–H groups in total. The molecule has 5 atom stereocenters. The van der Waals surface area contributed by atoms with Crippen molar-refractivity contribution in [3.05, 3.63) is 0 Å². The monoisotopic (exact) mass is 208 g/mol. The highest BCUT2D eigenvalue weighted by molar-refractivity contribution is 4.89. The first-order valence-electron chi connectivity index (χ1n) is 4.33. The van der Waals surface area contributed by atoms with E-state index in [9.17, 15) is 10.2 Å². The number of hydrogen-bond acceptors (Lipinski definition) is 6. The summed E-state index contributed by atoms with van der Waals surface area (Å²) in [5, 5.41) is 28.0. The Kier molecular flexibility index (Phi) is 4.24. The van der Waals surface area contributed by atoms with Gasteiger partial charge in [-0.2, -0.15) is 0 Å². The van der Waals surface area contributed by atoms with E-state index in [1.54, 1.807) is 0 Å². The summed E-state index contributed by atoms with van der Waals surface area (Å²) >= 11 is 0. The van der Waals surface area contributed by atoms with Crippen LogP contribution in [-0.4, -0.2) is 66.9 Å². The molecule has 0 aromatic carbocycles. The molecule has 0 aromatic heterocycles. The summed E-state index contributed by atoms with van der Waals surface area (Å²) in [4.78, 5) is 0. The van der Waals surface area contributed by atoms with Crippen LogP contribution in [0.5, 0.6) is 0 Å². The van der Waals surface area contributed by atoms with Gasteiger partial charge >= 0.3 is 0 Å². The van der Waals surface area contributed by atoms with E-state index in [1.807, 2.05) is 0 Å². The Morgan fingerprint density at radius 3 is 2.21 bits per heavy atom. The van der Waals surface area contributed by atoms with Gasteiger partial charge in [0, 0.05) is 14.2 Å². The van der Waals surface area contributed by atoms with Crippen molar-refractivity contribution in [3.8, 4) is 0 Å². The van der Waals surface area contributed by atoms with E-state index >= 15 is 0 Å². The van der Waals surface area contributed by atoms with Gasteiger partial charge < -0.3 is 29.5 Å². The highest BCUT2D eigenvalue weighted by atomic mass is 16.7. The number of rotatable bonds is 3. The Balaban J connectivity index is 2.71. The van der Waals surface area contributed by atoms with Gasteiger partial charge in [0.1, 0.15) is 24.4 Å². The fraction of sp³-hybridized carbons (Fsp3) is 1.00. The van der Waals surface area contributed by atoms with Gasteiger partial charge in [-0.3, -0.25) is 0 Å². The highest BCUT2D eigenvalue weighted by Crippen LogP contribution is 2.23. The number of hydrogen-bond donors (Lipinski definition) is 3. The third kappa shape index (κ3) is 2.05. The minimum atomic E-state index is -1.17. The predicted octanol–water partition coefficient (Wildman–Crippen LogP) is -1.91. The van der Waals surface area contributed by atoms with E-state index in [2.05, 4.69) is 0 Å². The Morgan fingerprint density at radius 2 is 1.79 bits per heavy atom. The van der Waals surface area contributed by atoms with Gasteiger partial charge in [0.15, 0.2) is 6.29 Å². The molecule has 0 aromatic rings. The second kappa shape index (κ2) is 5.01. The fourth-order valence-electron chi connectivity index (χ4n) is 1.54. The Bertz CT molecular complexity index is 173. The molecule has 0 spiro atoms. The Hall–Kier alpha value is -0.240. The summed E-state index contributed by atoms with van der Waals surface area (Å²) in [7, 11) is 2.72. The van der Waals surface area contributed by atoms with Crippen LogP contribution in [0.1, 0.15) is 0 Å². The molecule has 1 aliphatic heterocycles. The molecule has 2 unspecified atom stereocenters. The van der Waals surface area contributed by atoms with Crippen LogP contribution in [0.4, 0.5) is 0 Å². The third-order valence-corrected chi connectivity index (χ3v) is 2.33. The van der Waals surface area contributed by atoms with E-state index < -0.39 is 30.7 Å². The summed E-state index contributed by atoms with van der Waals surface area (Å²) in [5.74, 6) is 0. The van der Waals surface area contributed by atoms with E-state index in [1.165, 1.54) is 14.2 Å². The summed E-state index contributed by atoms with van der Waals surface area (Å²) in [6, 6.07) is 0. The Labute approximate surface area is 82.0 Å². The van der Waals surface area contributed by atoms with E-state index in [0.29, 0.717) is 0 Å². The third-order valence-electron chi connectivity index (χ3n) is 2.33. The van der Waals surface area contributed by atoms with Crippen LogP contribution in [0.25, 0.3) is 0 Å². The van der Waals surface area contributed by atoms with Crippen molar-refractivity contribution in [2.45, 2.75) is 30.7 Å². The quantitative estimate of drug-likeness (QED) is 0.501. The first kappa shape index (κ1) is 11.8. The standard InChI is InChI=1S/C8H16O6/c1-12-7-4(3-9)14-8(13-2)6(11)5(7)10/h4-11H,3H2,1-2H3/t4?,5-,6-,7+,8?/m1/s1. The van der Waals surface area contributed by atoms with Crippen LogP contribution in [-0.2, 0) is 14.2 Å². The van der Waals surface area contributed by atoms with E-state index in [4.69, 9.17) is 19.3 Å². The van der Waals surface area contributed by atoms with Crippen molar-refractivity contribution < 1.29 is 29.5 Å². The van der Waals surface area contributed by atoms with Gasteiger partial charge in [-0.1, -0.05) is 0 Å². The van der Waals surface area contributed by atoms with Crippen LogP contribution in [0.2, 0.25) is 0 Å². The van der Waals surface area contributed by atoms with Crippen LogP contribution in [0.15, 0.2) is 0 Å². The van der Waals surface area contributed by atoms with Crippen LogP contribution < -0.4 is 0 Å². The molecule has 84 valence electrons. The zero-order chi connectivity index (χ0) is 10.7. The maximum atomic E-state index is 9.59. The van der Waals surface area contributed by atoms with E-state index in [0.717, 1.165) is 0 Å². The normalized spacial score (nSPS) is 43.9. The summed E-state index contributed by atoms with van der Waals surface area (Å²) in [6.07, 6.45) is -4.68. The van der Waals surface area contributed by atoms with Gasteiger partial charge in [-0.05, 0) is 0 Å². The van der Waals surface area contributed by atoms with Gasteiger partial charge in [0.05, 0.1) is 6.61 Å². The van der Waals surface area contributed by atoms with Crippen LogP contribution in [0, 0.1) is 0 Å². The van der Waals surface area contributed by atoms with Gasteiger partial charge in [0.2, 0.25) is 0 Å². The zero-order valence-electron chi connectivity index (χ0n) is 8.16. The minimum absolute atomic E-state index is 0.303. The smallest absolute Gasteiger partial charge is 0.186 e. The molecular formula is C8H16O6. The molecule has 1 fully saturated rings. The highest BCUT2D eigenvalue weighted by Gasteiger charge is 2.44. The number of aliphatic hydroxyl groups excluding tert-OH is 3. The van der Waals surface area contributed by atoms with Gasteiger partial charge in [-0.25, -0.2) is 0 Å². The number of ether oxygens (including phenoxy) is 3. The lowest BCUT2D eigenvalue weighted by Crippen LogP contribution is -2.59. The topological polar surface area (TPSA) is 88.4 Å². The van der Waals surface area contributed by atoms with Crippen molar-refractivity contribution in [1.29, 1.82) is 0 Å². The molecule has 1 rings (SSSR count). The molecule has 0 radical (unpaired) electrons. The summed E-state index contributed by atoms with van der Waals surface area (Å²) in [5.41, 5.74) is 0. The maximum absolute atomic E-state index is 9.59. The van der Waals surface area contributed by atoms with Crippen molar-refractivity contribution in [3.63, 3.8) is 0 Å². The molecule has 0 aliphatic carbocycles. The maximum Gasteiger partial charge on any atom is 0.186 e. The summed E-state index contributed by atoms with van der Waals surface area (Å²) < 4.78 is 14.9. The fourth-order valence-corrected chi connectivity index (χ4v) is 1.54. The SMILES string of the molecule is COC1OC(CO)[C@H](OC)[C@H](O)[C@H]1O. The first-order valence-corrected chi connectivity index (χ1v) is 4.33. The largest absolute Gasteiger partial charge is 0.394 e. The van der Waals surface area contributed by atoms with Gasteiger partial charge in [0.25, 0.3) is 0 Å². The molecule has 6 heteroatoms. The zero-order valence-corrected chi connectivity index (χ0v) is 8.16. The van der Waals surface area contributed by atoms with Crippen molar-refractivity contribution in [2.24, 2.45) is 0 Å². The lowest BCUT2D eigenvalue weighted by Gasteiger charge is -2.40. The van der Waals surface area contributed by atoms with E-state index in [-0.39, 0.29) is 6.61 Å². The molecule has 1 heterocycles. The van der Waals surface area contributed by atoms with Crippen molar-refractivity contribution >= 4 is 0 Å². The summed E-state index contributed by atoms with van der Waals surface area (Å²) in [6.45, 7) is -0.303. The van der Waals surface area contributed by atoms with Crippen LogP contribution in [0.3, 0.4) is 0 Å². The predicted molar refractivity (Wildman–Crippen MR) is 45.6 cm³/mol. The molecule has 6 nitrogen and oxygen atoms in total. The minimum Gasteiger partial charge on any atom is -0.394 e. The number of aliphatic hydroxyl groups is 3. The first-order chi connectivity index (χ1) is 6.65. The van der Waals surface area contributed by atoms with Crippen LogP contribution >= 0.6 is 0 Å². The average Bonchev–Trinajstić information content (AvgIpc) is 2.21. The van der Waals surface area contributed by atoms with Crippen molar-refractivity contribution in [2.75, 3.05) is 20.8 Å². The second-order valence-corrected chi connectivity index (χ2v) is 3.14. The molecule has 1 saturated heterocycles. The second-order valence-electron chi connectivity index (χ2n) is 3.14. The lowest BCUT2D eigenvalue weighted by atomic mass is 9.99. The van der Waals surface area contributed by atoms with Gasteiger partial charge in [-0.15, -0.1) is 0 Å². The molecule has 0 amide bonds. The molecule has 0 bridgehead atoms. The Morgan fingerprint density at radius 1 is 1.14 bits per heavy atom. The molecular weight excluding hydrogens is 192 g/mol. The molecule has 0 saturated carbocycles. The lowest BCUT2D eigenvalue weighted by molar-refractivity contribution is -0.298.